The lowest BCUT2D eigenvalue weighted by Crippen LogP contribution is -2.19. The van der Waals surface area contributed by atoms with Gasteiger partial charge in [-0.1, -0.05) is 6.07 Å². The number of hydrogen-bond acceptors (Lipinski definition) is 3. The average Bonchev–Trinajstić information content (AvgIpc) is 2.55. The minimum absolute atomic E-state index is 0.184. The zero-order valence-corrected chi connectivity index (χ0v) is 13.7. The van der Waals surface area contributed by atoms with Crippen LogP contribution in [0.1, 0.15) is 15.9 Å². The summed E-state index contributed by atoms with van der Waals surface area (Å²) in [6.45, 7) is 1.86. The van der Waals surface area contributed by atoms with Gasteiger partial charge < -0.3 is 10.6 Å². The maximum atomic E-state index is 12.8. The number of benzene rings is 2. The summed E-state index contributed by atoms with van der Waals surface area (Å²) in [5.74, 6) is -0.493. The van der Waals surface area contributed by atoms with Crippen molar-refractivity contribution < 1.29 is 14.0 Å². The number of thioether (sulfide) groups is 1. The summed E-state index contributed by atoms with van der Waals surface area (Å²) in [6.07, 6.45) is 0. The molecule has 0 fully saturated rings. The van der Waals surface area contributed by atoms with E-state index in [9.17, 15) is 14.0 Å². The van der Waals surface area contributed by atoms with E-state index in [1.54, 1.807) is 37.4 Å². The first kappa shape index (κ1) is 17.0. The molecule has 0 heterocycles. The second-order valence-electron chi connectivity index (χ2n) is 4.90. The molecule has 120 valence electrons. The van der Waals surface area contributed by atoms with Crippen molar-refractivity contribution in [1.82, 2.24) is 5.32 Å². The van der Waals surface area contributed by atoms with Gasteiger partial charge >= 0.3 is 0 Å². The predicted molar refractivity (Wildman–Crippen MR) is 90.3 cm³/mol. The van der Waals surface area contributed by atoms with E-state index in [1.807, 2.05) is 6.92 Å². The quantitative estimate of drug-likeness (QED) is 0.827. The van der Waals surface area contributed by atoms with Crippen LogP contribution in [0.2, 0.25) is 0 Å². The van der Waals surface area contributed by atoms with Crippen molar-refractivity contribution in [2.75, 3.05) is 18.1 Å². The lowest BCUT2D eigenvalue weighted by Gasteiger charge is -2.10. The molecule has 23 heavy (non-hydrogen) atoms. The van der Waals surface area contributed by atoms with Crippen LogP contribution in [0.4, 0.5) is 10.1 Å². The first-order chi connectivity index (χ1) is 11.0. The summed E-state index contributed by atoms with van der Waals surface area (Å²) in [5, 5.41) is 5.34. The number of hydrogen-bond donors (Lipinski definition) is 2. The van der Waals surface area contributed by atoms with E-state index >= 15 is 0 Å². The summed E-state index contributed by atoms with van der Waals surface area (Å²) < 4.78 is 12.8. The SMILES string of the molecule is CNC(=O)c1ccc(C)c(NC(=O)CSc2ccc(F)cc2)c1. The van der Waals surface area contributed by atoms with E-state index in [1.165, 1.54) is 23.9 Å². The maximum absolute atomic E-state index is 12.8. The smallest absolute Gasteiger partial charge is 0.251 e. The molecular weight excluding hydrogens is 315 g/mol. The van der Waals surface area contributed by atoms with Gasteiger partial charge in [-0.3, -0.25) is 9.59 Å². The van der Waals surface area contributed by atoms with Crippen molar-refractivity contribution in [3.63, 3.8) is 0 Å². The Morgan fingerprint density at radius 1 is 1.13 bits per heavy atom. The van der Waals surface area contributed by atoms with Gasteiger partial charge in [0, 0.05) is 23.2 Å². The molecule has 0 radical (unpaired) electrons. The summed E-state index contributed by atoms with van der Waals surface area (Å²) in [6, 6.07) is 11.1. The Bertz CT molecular complexity index is 717. The van der Waals surface area contributed by atoms with Crippen molar-refractivity contribution in [3.8, 4) is 0 Å². The highest BCUT2D eigenvalue weighted by atomic mass is 32.2. The third-order valence-corrected chi connectivity index (χ3v) is 4.20. The van der Waals surface area contributed by atoms with Gasteiger partial charge in [0.2, 0.25) is 5.91 Å². The molecule has 2 aromatic rings. The van der Waals surface area contributed by atoms with Crippen molar-refractivity contribution in [2.24, 2.45) is 0 Å². The Kier molecular flexibility index (Phi) is 5.76. The summed E-state index contributed by atoms with van der Waals surface area (Å²) in [7, 11) is 1.56. The zero-order chi connectivity index (χ0) is 16.8. The largest absolute Gasteiger partial charge is 0.355 e. The summed E-state index contributed by atoms with van der Waals surface area (Å²) in [4.78, 5) is 24.5. The van der Waals surface area contributed by atoms with Crippen LogP contribution in [0.25, 0.3) is 0 Å². The first-order valence-electron chi connectivity index (χ1n) is 7.00. The van der Waals surface area contributed by atoms with Crippen LogP contribution < -0.4 is 10.6 Å². The molecule has 0 aliphatic carbocycles. The van der Waals surface area contributed by atoms with Crippen LogP contribution in [-0.4, -0.2) is 24.6 Å². The molecule has 0 saturated heterocycles. The third kappa shape index (κ3) is 4.82. The summed E-state index contributed by atoms with van der Waals surface area (Å²) >= 11 is 1.32. The van der Waals surface area contributed by atoms with Crippen LogP contribution in [0.15, 0.2) is 47.4 Å². The van der Waals surface area contributed by atoms with Crippen molar-refractivity contribution in [3.05, 3.63) is 59.4 Å². The van der Waals surface area contributed by atoms with Gasteiger partial charge in [0.15, 0.2) is 0 Å². The first-order valence-corrected chi connectivity index (χ1v) is 7.99. The van der Waals surface area contributed by atoms with Crippen LogP contribution in [0.5, 0.6) is 0 Å². The fourth-order valence-corrected chi connectivity index (χ4v) is 2.61. The molecule has 0 unspecified atom stereocenters. The van der Waals surface area contributed by atoms with Gasteiger partial charge in [-0.15, -0.1) is 11.8 Å². The highest BCUT2D eigenvalue weighted by molar-refractivity contribution is 8.00. The molecule has 4 nitrogen and oxygen atoms in total. The van der Waals surface area contributed by atoms with Crippen LogP contribution in [0.3, 0.4) is 0 Å². The molecule has 0 bridgehead atoms. The van der Waals surface area contributed by atoms with Gasteiger partial charge in [-0.25, -0.2) is 4.39 Å². The Hall–Kier alpha value is -2.34. The molecule has 2 amide bonds. The van der Waals surface area contributed by atoms with Gasteiger partial charge in [0.25, 0.3) is 5.91 Å². The van der Waals surface area contributed by atoms with Gasteiger partial charge in [0.1, 0.15) is 5.82 Å². The molecule has 0 atom stereocenters. The lowest BCUT2D eigenvalue weighted by molar-refractivity contribution is -0.113. The van der Waals surface area contributed by atoms with Gasteiger partial charge in [0.05, 0.1) is 5.75 Å². The second-order valence-corrected chi connectivity index (χ2v) is 5.95. The number of amides is 2. The van der Waals surface area contributed by atoms with E-state index in [2.05, 4.69) is 10.6 Å². The summed E-state index contributed by atoms with van der Waals surface area (Å²) in [5.41, 5.74) is 1.97. The zero-order valence-electron chi connectivity index (χ0n) is 12.9. The van der Waals surface area contributed by atoms with Crippen molar-refractivity contribution >= 4 is 29.3 Å². The number of rotatable bonds is 5. The standard InChI is InChI=1S/C17H17FN2O2S/c1-11-3-4-12(17(22)19-2)9-15(11)20-16(21)10-23-14-7-5-13(18)6-8-14/h3-9H,10H2,1-2H3,(H,19,22)(H,20,21). The molecule has 2 rings (SSSR count). The van der Waals surface area contributed by atoms with Crippen molar-refractivity contribution in [2.45, 2.75) is 11.8 Å². The monoisotopic (exact) mass is 332 g/mol. The maximum Gasteiger partial charge on any atom is 0.251 e. The minimum atomic E-state index is -0.305. The van der Waals surface area contributed by atoms with E-state index in [4.69, 9.17) is 0 Å². The fourth-order valence-electron chi connectivity index (χ4n) is 1.91. The molecular formula is C17H17FN2O2S. The minimum Gasteiger partial charge on any atom is -0.355 e. The molecule has 2 N–H and O–H groups in total. The van der Waals surface area contributed by atoms with Crippen LogP contribution in [-0.2, 0) is 4.79 Å². The molecule has 0 aliphatic rings. The Morgan fingerprint density at radius 2 is 1.83 bits per heavy atom. The van der Waals surface area contributed by atoms with E-state index in [0.29, 0.717) is 11.3 Å². The van der Waals surface area contributed by atoms with Gasteiger partial charge in [-0.2, -0.15) is 0 Å². The highest BCUT2D eigenvalue weighted by Crippen LogP contribution is 2.20. The average molecular weight is 332 g/mol. The third-order valence-electron chi connectivity index (χ3n) is 3.18. The van der Waals surface area contributed by atoms with E-state index in [0.717, 1.165) is 10.5 Å². The second kappa shape index (κ2) is 7.78. The van der Waals surface area contributed by atoms with Gasteiger partial charge in [-0.05, 0) is 48.9 Å². The van der Waals surface area contributed by atoms with E-state index in [-0.39, 0.29) is 23.4 Å². The number of carbonyl (C=O) groups excluding carboxylic acids is 2. The van der Waals surface area contributed by atoms with Crippen molar-refractivity contribution in [1.29, 1.82) is 0 Å². The number of halogens is 1. The normalized spacial score (nSPS) is 10.2. The Labute approximate surface area is 138 Å². The van der Waals surface area contributed by atoms with Crippen LogP contribution in [0, 0.1) is 12.7 Å². The molecule has 0 saturated carbocycles. The number of nitrogens with one attached hydrogen (secondary N) is 2. The Balaban J connectivity index is 1.99. The molecule has 0 aliphatic heterocycles. The number of aryl methyl sites for hydroxylation is 1. The number of carbonyl (C=O) groups is 2. The molecule has 0 aromatic heterocycles. The molecule has 2 aromatic carbocycles. The topological polar surface area (TPSA) is 58.2 Å². The molecule has 0 spiro atoms. The highest BCUT2D eigenvalue weighted by Gasteiger charge is 2.09. The lowest BCUT2D eigenvalue weighted by atomic mass is 10.1. The predicted octanol–water partition coefficient (Wildman–Crippen LogP) is 3.22. The van der Waals surface area contributed by atoms with E-state index < -0.39 is 0 Å². The number of anilines is 1. The van der Waals surface area contributed by atoms with Crippen LogP contribution >= 0.6 is 11.8 Å². The molecule has 6 heteroatoms. The Morgan fingerprint density at radius 3 is 2.48 bits per heavy atom. The fraction of sp³-hybridized carbons (Fsp3) is 0.176.